The van der Waals surface area contributed by atoms with Gasteiger partial charge >= 0.3 is 5.69 Å². The van der Waals surface area contributed by atoms with Crippen molar-refractivity contribution in [2.45, 2.75) is 24.9 Å². The molecule has 6 nitrogen and oxygen atoms in total. The van der Waals surface area contributed by atoms with E-state index in [-0.39, 0.29) is 17.9 Å². The number of halogens is 2. The van der Waals surface area contributed by atoms with E-state index >= 15 is 0 Å². The molecule has 27 heavy (non-hydrogen) atoms. The largest absolute Gasteiger partial charge is 0.488 e. The lowest BCUT2D eigenvalue weighted by Crippen LogP contribution is -2.23. The van der Waals surface area contributed by atoms with Crippen molar-refractivity contribution in [3.63, 3.8) is 0 Å². The second-order valence-electron chi connectivity index (χ2n) is 5.89. The highest BCUT2D eigenvalue weighted by molar-refractivity contribution is 7.98. The second kappa shape index (κ2) is 7.91. The highest BCUT2D eigenvalue weighted by Gasteiger charge is 2.18. The predicted octanol–water partition coefficient (Wildman–Crippen LogP) is 3.51. The molecule has 3 rings (SSSR count). The van der Waals surface area contributed by atoms with E-state index in [4.69, 9.17) is 4.74 Å². The van der Waals surface area contributed by atoms with E-state index in [9.17, 15) is 13.6 Å². The van der Waals surface area contributed by atoms with E-state index in [1.54, 1.807) is 25.1 Å². The van der Waals surface area contributed by atoms with Gasteiger partial charge in [-0.2, -0.15) is 9.36 Å². The fourth-order valence-electron chi connectivity index (χ4n) is 2.67. The highest BCUT2D eigenvalue weighted by atomic mass is 32.2. The molecule has 0 amide bonds. The maximum Gasteiger partial charge on any atom is 0.368 e. The van der Waals surface area contributed by atoms with E-state index in [1.807, 2.05) is 12.3 Å². The van der Waals surface area contributed by atoms with Crippen molar-refractivity contribution >= 4 is 11.8 Å². The zero-order chi connectivity index (χ0) is 19.6. The van der Waals surface area contributed by atoms with Crippen LogP contribution in [0.3, 0.4) is 0 Å². The van der Waals surface area contributed by atoms with E-state index in [0.29, 0.717) is 11.3 Å². The summed E-state index contributed by atoms with van der Waals surface area (Å²) in [5.74, 6) is 0.115. The van der Waals surface area contributed by atoms with Gasteiger partial charge in [0, 0.05) is 17.5 Å². The molecule has 0 aliphatic rings. The molecule has 9 heteroatoms. The van der Waals surface area contributed by atoms with Crippen LogP contribution < -0.4 is 10.4 Å². The number of hydrogen-bond acceptors (Lipinski definition) is 5. The molecule has 0 N–H and O–H groups in total. The number of tetrazole rings is 1. The minimum absolute atomic E-state index is 0.0120. The maximum absolute atomic E-state index is 13.3. The number of nitrogens with zero attached hydrogens (tertiary/aromatic N) is 4. The first kappa shape index (κ1) is 19.1. The Morgan fingerprint density at radius 2 is 2.00 bits per heavy atom. The smallest absolute Gasteiger partial charge is 0.368 e. The molecule has 0 radical (unpaired) electrons. The topological polar surface area (TPSA) is 61.9 Å². The third kappa shape index (κ3) is 3.87. The Kier molecular flexibility index (Phi) is 5.59. The number of ether oxygens (including phenoxy) is 1. The standard InChI is InChI=1S/C18H18F2N4O2S/c1-11-7-8-15(12(9-11)17(19)20)26-10-13-14(5-4-6-16(13)27-3)24-18(25)23(2)21-22-24/h4-9,17H,10H2,1-3H3. The number of thioether (sulfide) groups is 1. The minimum Gasteiger partial charge on any atom is -0.488 e. The van der Waals surface area contributed by atoms with Gasteiger partial charge in [0.15, 0.2) is 0 Å². The number of rotatable bonds is 6. The summed E-state index contributed by atoms with van der Waals surface area (Å²) in [6.07, 6.45) is -0.754. The van der Waals surface area contributed by atoms with Crippen LogP contribution in [0.25, 0.3) is 5.69 Å². The summed E-state index contributed by atoms with van der Waals surface area (Å²) in [5, 5.41) is 7.59. The molecule has 0 aliphatic carbocycles. The Bertz CT molecular complexity index is 1020. The first-order chi connectivity index (χ1) is 12.9. The Labute approximate surface area is 158 Å². The van der Waals surface area contributed by atoms with Gasteiger partial charge in [0.05, 0.1) is 11.3 Å². The lowest BCUT2D eigenvalue weighted by atomic mass is 10.1. The van der Waals surface area contributed by atoms with Gasteiger partial charge in [-0.1, -0.05) is 17.7 Å². The molecule has 0 saturated heterocycles. The monoisotopic (exact) mass is 392 g/mol. The quantitative estimate of drug-likeness (QED) is 0.601. The number of aryl methyl sites for hydroxylation is 2. The third-order valence-corrected chi connectivity index (χ3v) is 4.87. The average Bonchev–Trinajstić information content (AvgIpc) is 2.99. The van der Waals surface area contributed by atoms with Gasteiger partial charge in [0.2, 0.25) is 0 Å². The van der Waals surface area contributed by atoms with Crippen molar-refractivity contribution in [1.82, 2.24) is 19.8 Å². The van der Waals surface area contributed by atoms with Gasteiger partial charge in [-0.15, -0.1) is 11.8 Å². The number of alkyl halides is 2. The minimum atomic E-state index is -2.64. The molecule has 0 bridgehead atoms. The van der Waals surface area contributed by atoms with Crippen LogP contribution in [0.15, 0.2) is 46.1 Å². The Morgan fingerprint density at radius 3 is 2.63 bits per heavy atom. The summed E-state index contributed by atoms with van der Waals surface area (Å²) in [7, 11) is 1.50. The molecule has 0 saturated carbocycles. The second-order valence-corrected chi connectivity index (χ2v) is 6.73. The molecular weight excluding hydrogens is 374 g/mol. The summed E-state index contributed by atoms with van der Waals surface area (Å²) in [6, 6.07) is 10.0. The molecule has 2 aromatic carbocycles. The number of benzene rings is 2. The van der Waals surface area contributed by atoms with Gasteiger partial charge in [0.1, 0.15) is 12.4 Å². The lowest BCUT2D eigenvalue weighted by Gasteiger charge is -2.16. The zero-order valence-corrected chi connectivity index (χ0v) is 15.8. The molecule has 0 fully saturated rings. The first-order valence-electron chi connectivity index (χ1n) is 8.09. The first-order valence-corrected chi connectivity index (χ1v) is 9.31. The van der Waals surface area contributed by atoms with Crippen LogP contribution >= 0.6 is 11.8 Å². The van der Waals surface area contributed by atoms with Crippen LogP contribution in [0.2, 0.25) is 0 Å². The fourth-order valence-corrected chi connectivity index (χ4v) is 3.30. The van der Waals surface area contributed by atoms with Crippen LogP contribution in [-0.4, -0.2) is 26.0 Å². The summed E-state index contributed by atoms with van der Waals surface area (Å²) >= 11 is 1.47. The number of aromatic nitrogens is 4. The van der Waals surface area contributed by atoms with Gasteiger partial charge in [-0.05, 0) is 47.9 Å². The molecule has 3 aromatic rings. The highest BCUT2D eigenvalue weighted by Crippen LogP contribution is 2.32. The van der Waals surface area contributed by atoms with Crippen LogP contribution in [-0.2, 0) is 13.7 Å². The summed E-state index contributed by atoms with van der Waals surface area (Å²) in [4.78, 5) is 13.1. The normalized spacial score (nSPS) is 11.2. The van der Waals surface area contributed by atoms with Crippen LogP contribution in [0, 0.1) is 6.92 Å². The molecule has 1 heterocycles. The van der Waals surface area contributed by atoms with Gasteiger partial charge in [-0.25, -0.2) is 13.6 Å². The van der Waals surface area contributed by atoms with Crippen molar-refractivity contribution in [2.75, 3.05) is 6.26 Å². The Morgan fingerprint density at radius 1 is 1.22 bits per heavy atom. The van der Waals surface area contributed by atoms with Crippen molar-refractivity contribution < 1.29 is 13.5 Å². The third-order valence-electron chi connectivity index (χ3n) is 4.05. The molecule has 142 valence electrons. The van der Waals surface area contributed by atoms with E-state index in [1.165, 1.54) is 35.6 Å². The number of hydrogen-bond donors (Lipinski definition) is 0. The molecule has 0 spiro atoms. The summed E-state index contributed by atoms with van der Waals surface area (Å²) < 4.78 is 34.7. The SMILES string of the molecule is CSc1cccc(-n2nnn(C)c2=O)c1COc1ccc(C)cc1C(F)F. The van der Waals surface area contributed by atoms with Gasteiger partial charge < -0.3 is 4.74 Å². The van der Waals surface area contributed by atoms with Gasteiger partial charge in [0.25, 0.3) is 6.43 Å². The van der Waals surface area contributed by atoms with Crippen molar-refractivity contribution in [3.8, 4) is 11.4 Å². The molecule has 0 unspecified atom stereocenters. The molecule has 0 aliphatic heterocycles. The molecular formula is C18H18F2N4O2S. The van der Waals surface area contributed by atoms with E-state index in [2.05, 4.69) is 10.4 Å². The predicted molar refractivity (Wildman–Crippen MR) is 98.8 cm³/mol. The fraction of sp³-hybridized carbons (Fsp3) is 0.278. The van der Waals surface area contributed by atoms with Crippen LogP contribution in [0.1, 0.15) is 23.1 Å². The maximum atomic E-state index is 13.3. The summed E-state index contributed by atoms with van der Waals surface area (Å²) in [6.45, 7) is 1.76. The molecule has 0 atom stereocenters. The lowest BCUT2D eigenvalue weighted by molar-refractivity contribution is 0.144. The molecule has 1 aromatic heterocycles. The van der Waals surface area contributed by atoms with Gasteiger partial charge in [-0.3, -0.25) is 0 Å². The van der Waals surface area contributed by atoms with Crippen molar-refractivity contribution in [2.24, 2.45) is 7.05 Å². The Hall–Kier alpha value is -2.68. The van der Waals surface area contributed by atoms with Crippen molar-refractivity contribution in [1.29, 1.82) is 0 Å². The summed E-state index contributed by atoms with van der Waals surface area (Å²) in [5.41, 5.74) is 1.35. The zero-order valence-electron chi connectivity index (χ0n) is 15.0. The Balaban J connectivity index is 2.00. The van der Waals surface area contributed by atoms with Crippen molar-refractivity contribution in [3.05, 3.63) is 63.6 Å². The van der Waals surface area contributed by atoms with Crippen LogP contribution in [0.5, 0.6) is 5.75 Å². The average molecular weight is 392 g/mol. The van der Waals surface area contributed by atoms with E-state index < -0.39 is 12.1 Å². The van der Waals surface area contributed by atoms with Crippen LogP contribution in [0.4, 0.5) is 8.78 Å². The van der Waals surface area contributed by atoms with E-state index in [0.717, 1.165) is 15.1 Å².